The van der Waals surface area contributed by atoms with E-state index in [0.29, 0.717) is 23.0 Å². The third-order valence-corrected chi connectivity index (χ3v) is 3.86. The van der Waals surface area contributed by atoms with Crippen molar-refractivity contribution in [2.24, 2.45) is 5.73 Å². The van der Waals surface area contributed by atoms with Crippen molar-refractivity contribution in [1.82, 2.24) is 20.3 Å². The number of hydrogen-bond donors (Lipinski definition) is 3. The Morgan fingerprint density at radius 1 is 1.33 bits per heavy atom. The molecule has 124 valence electrons. The maximum absolute atomic E-state index is 12.2. The van der Waals surface area contributed by atoms with Crippen molar-refractivity contribution in [1.29, 1.82) is 0 Å². The first-order chi connectivity index (χ1) is 11.3. The van der Waals surface area contributed by atoms with Crippen LogP contribution in [0.1, 0.15) is 24.3 Å². The molecule has 2 heterocycles. The summed E-state index contributed by atoms with van der Waals surface area (Å²) in [5.41, 5.74) is 7.64. The Labute approximate surface area is 144 Å². The summed E-state index contributed by atoms with van der Waals surface area (Å²) in [7, 11) is 0. The van der Waals surface area contributed by atoms with Crippen molar-refractivity contribution >= 4 is 28.4 Å². The van der Waals surface area contributed by atoms with Crippen molar-refractivity contribution in [3.63, 3.8) is 0 Å². The summed E-state index contributed by atoms with van der Waals surface area (Å²) in [6.07, 6.45) is 2.99. The zero-order valence-corrected chi connectivity index (χ0v) is 14.2. The predicted octanol–water partition coefficient (Wildman–Crippen LogP) is 2.75. The first kappa shape index (κ1) is 16.4. The van der Waals surface area contributed by atoms with Crippen molar-refractivity contribution in [2.75, 3.05) is 6.54 Å². The molecule has 4 N–H and O–H groups in total. The second-order valence-corrected chi connectivity index (χ2v) is 6.70. The van der Waals surface area contributed by atoms with Crippen molar-refractivity contribution in [3.05, 3.63) is 47.4 Å². The summed E-state index contributed by atoms with van der Waals surface area (Å²) >= 11 is 6.43. The second kappa shape index (κ2) is 6.22. The number of aromatic amines is 1. The van der Waals surface area contributed by atoms with Gasteiger partial charge in [-0.25, -0.2) is 4.98 Å². The number of H-pyrrole nitrogens is 1. The van der Waals surface area contributed by atoms with Gasteiger partial charge in [-0.3, -0.25) is 9.78 Å². The number of fused-ring (bicyclic) bond motifs is 1. The van der Waals surface area contributed by atoms with Gasteiger partial charge in [-0.05, 0) is 19.9 Å². The zero-order chi connectivity index (χ0) is 17.3. The molecule has 0 bridgehead atoms. The van der Waals surface area contributed by atoms with E-state index in [1.165, 1.54) is 6.20 Å². The molecule has 0 fully saturated rings. The van der Waals surface area contributed by atoms with Gasteiger partial charge in [-0.2, -0.15) is 0 Å². The number of carbonyl (C=O) groups is 1. The lowest BCUT2D eigenvalue weighted by Crippen LogP contribution is -2.45. The molecule has 0 atom stereocenters. The van der Waals surface area contributed by atoms with Crippen LogP contribution in [0.25, 0.3) is 22.3 Å². The van der Waals surface area contributed by atoms with Gasteiger partial charge in [-0.15, -0.1) is 0 Å². The van der Waals surface area contributed by atoms with Gasteiger partial charge in [0, 0.05) is 23.0 Å². The number of rotatable bonds is 4. The monoisotopic (exact) mass is 343 g/mol. The molecule has 0 aliphatic rings. The van der Waals surface area contributed by atoms with E-state index in [2.05, 4.69) is 20.3 Å². The molecule has 0 saturated heterocycles. The fourth-order valence-corrected chi connectivity index (χ4v) is 2.59. The van der Waals surface area contributed by atoms with Crippen LogP contribution in [0.4, 0.5) is 0 Å². The minimum atomic E-state index is -0.499. The van der Waals surface area contributed by atoms with E-state index in [-0.39, 0.29) is 11.6 Å². The summed E-state index contributed by atoms with van der Waals surface area (Å²) in [6, 6.07) is 7.68. The lowest BCUT2D eigenvalue weighted by Gasteiger charge is -2.18. The molecule has 0 spiro atoms. The number of halogens is 1. The summed E-state index contributed by atoms with van der Waals surface area (Å²) in [5, 5.41) is 4.20. The SMILES string of the molecule is CC(C)(N)CNC(=O)c1cncc(-c2[nH]c3ccccc3c2Cl)n1. The van der Waals surface area contributed by atoms with Crippen LogP contribution in [-0.2, 0) is 0 Å². The number of para-hydroxylation sites is 1. The van der Waals surface area contributed by atoms with Gasteiger partial charge in [-0.1, -0.05) is 29.8 Å². The molecule has 2 aromatic heterocycles. The fourth-order valence-electron chi connectivity index (χ4n) is 2.28. The molecule has 24 heavy (non-hydrogen) atoms. The Kier molecular flexibility index (Phi) is 4.26. The molecule has 0 aliphatic carbocycles. The molecule has 0 unspecified atom stereocenters. The van der Waals surface area contributed by atoms with E-state index in [0.717, 1.165) is 10.9 Å². The number of aromatic nitrogens is 3. The highest BCUT2D eigenvalue weighted by Gasteiger charge is 2.17. The van der Waals surface area contributed by atoms with Gasteiger partial charge in [0.25, 0.3) is 5.91 Å². The van der Waals surface area contributed by atoms with E-state index in [1.54, 1.807) is 6.20 Å². The lowest BCUT2D eigenvalue weighted by molar-refractivity contribution is 0.0940. The number of benzene rings is 1. The van der Waals surface area contributed by atoms with Crippen LogP contribution in [0.2, 0.25) is 5.02 Å². The normalized spacial score (nSPS) is 11.7. The highest BCUT2D eigenvalue weighted by atomic mass is 35.5. The van der Waals surface area contributed by atoms with Crippen LogP contribution >= 0.6 is 11.6 Å². The number of nitrogens with zero attached hydrogens (tertiary/aromatic N) is 2. The van der Waals surface area contributed by atoms with Gasteiger partial charge in [0.2, 0.25) is 0 Å². The Bertz CT molecular complexity index is 897. The van der Waals surface area contributed by atoms with Gasteiger partial charge in [0.1, 0.15) is 11.4 Å². The van der Waals surface area contributed by atoms with Gasteiger partial charge < -0.3 is 16.0 Å². The van der Waals surface area contributed by atoms with Crippen molar-refractivity contribution in [2.45, 2.75) is 19.4 Å². The molecule has 6 nitrogen and oxygen atoms in total. The minimum Gasteiger partial charge on any atom is -0.352 e. The van der Waals surface area contributed by atoms with E-state index < -0.39 is 5.54 Å². The number of hydrogen-bond acceptors (Lipinski definition) is 4. The molecule has 0 saturated carbocycles. The average Bonchev–Trinajstić information content (AvgIpc) is 2.89. The molecular formula is C17H18ClN5O. The zero-order valence-electron chi connectivity index (χ0n) is 13.4. The van der Waals surface area contributed by atoms with Crippen LogP contribution in [-0.4, -0.2) is 32.9 Å². The molecular weight excluding hydrogens is 326 g/mol. The first-order valence-electron chi connectivity index (χ1n) is 7.51. The Morgan fingerprint density at radius 3 is 2.79 bits per heavy atom. The van der Waals surface area contributed by atoms with Crippen LogP contribution < -0.4 is 11.1 Å². The number of amides is 1. The van der Waals surface area contributed by atoms with E-state index in [1.807, 2.05) is 38.1 Å². The third-order valence-electron chi connectivity index (χ3n) is 3.47. The van der Waals surface area contributed by atoms with Crippen LogP contribution in [0, 0.1) is 0 Å². The second-order valence-electron chi connectivity index (χ2n) is 6.32. The van der Waals surface area contributed by atoms with Crippen LogP contribution in [0.5, 0.6) is 0 Å². The average molecular weight is 344 g/mol. The Morgan fingerprint density at radius 2 is 2.08 bits per heavy atom. The first-order valence-corrected chi connectivity index (χ1v) is 7.89. The molecule has 7 heteroatoms. The topological polar surface area (TPSA) is 96.7 Å². The highest BCUT2D eigenvalue weighted by Crippen LogP contribution is 2.33. The van der Waals surface area contributed by atoms with Crippen molar-refractivity contribution in [3.8, 4) is 11.4 Å². The maximum atomic E-state index is 12.2. The van der Waals surface area contributed by atoms with Gasteiger partial charge in [0.15, 0.2) is 0 Å². The van der Waals surface area contributed by atoms with Gasteiger partial charge >= 0.3 is 0 Å². The molecule has 0 radical (unpaired) electrons. The Balaban J connectivity index is 1.92. The van der Waals surface area contributed by atoms with E-state index >= 15 is 0 Å². The summed E-state index contributed by atoms with van der Waals surface area (Å²) in [4.78, 5) is 23.9. The summed E-state index contributed by atoms with van der Waals surface area (Å²) in [5.74, 6) is -0.324. The molecule has 3 aromatic rings. The number of nitrogens with one attached hydrogen (secondary N) is 2. The van der Waals surface area contributed by atoms with Crippen LogP contribution in [0.15, 0.2) is 36.7 Å². The quantitative estimate of drug-likeness (QED) is 0.678. The third kappa shape index (κ3) is 3.39. The molecule has 0 aliphatic heterocycles. The maximum Gasteiger partial charge on any atom is 0.271 e. The largest absolute Gasteiger partial charge is 0.352 e. The Hall–Kier alpha value is -2.44. The fraction of sp³-hybridized carbons (Fsp3) is 0.235. The predicted molar refractivity (Wildman–Crippen MR) is 94.9 cm³/mol. The smallest absolute Gasteiger partial charge is 0.271 e. The van der Waals surface area contributed by atoms with Crippen LogP contribution in [0.3, 0.4) is 0 Å². The standard InChI is InChI=1S/C17H18ClN5O/c1-17(2,19)9-21-16(24)13-8-20-7-12(22-13)15-14(18)10-5-3-4-6-11(10)23-15/h3-8,23H,9,19H2,1-2H3,(H,21,24). The summed E-state index contributed by atoms with van der Waals surface area (Å²) in [6.45, 7) is 4.00. The van der Waals surface area contributed by atoms with E-state index in [4.69, 9.17) is 17.3 Å². The van der Waals surface area contributed by atoms with Gasteiger partial charge in [0.05, 0.1) is 23.1 Å². The molecule has 3 rings (SSSR count). The number of carbonyl (C=O) groups excluding carboxylic acids is 1. The lowest BCUT2D eigenvalue weighted by atomic mass is 10.1. The summed E-state index contributed by atoms with van der Waals surface area (Å²) < 4.78 is 0. The molecule has 1 amide bonds. The minimum absolute atomic E-state index is 0.214. The van der Waals surface area contributed by atoms with E-state index in [9.17, 15) is 4.79 Å². The van der Waals surface area contributed by atoms with Crippen molar-refractivity contribution < 1.29 is 4.79 Å². The number of nitrogens with two attached hydrogens (primary N) is 1. The molecule has 1 aromatic carbocycles. The highest BCUT2D eigenvalue weighted by molar-refractivity contribution is 6.38.